The highest BCUT2D eigenvalue weighted by Crippen LogP contribution is 2.53. The summed E-state index contributed by atoms with van der Waals surface area (Å²) in [6.07, 6.45) is 5.43. The molecule has 0 atom stereocenters. The van der Waals surface area contributed by atoms with Crippen molar-refractivity contribution in [3.8, 4) is 0 Å². The molecule has 0 nitrogen and oxygen atoms in total. The number of rotatable bonds is 5. The van der Waals surface area contributed by atoms with Gasteiger partial charge in [-0.05, 0) is 22.7 Å². The average molecular weight is 212 g/mol. The lowest BCUT2D eigenvalue weighted by molar-refractivity contribution is -0.0147. The Labute approximate surface area is 97.8 Å². The van der Waals surface area contributed by atoms with E-state index in [9.17, 15) is 0 Å². The molecule has 0 heterocycles. The molecule has 0 spiro atoms. The van der Waals surface area contributed by atoms with Crippen LogP contribution in [0.15, 0.2) is 0 Å². The van der Waals surface area contributed by atoms with Crippen LogP contribution < -0.4 is 0 Å². The predicted octanol–water partition coefficient (Wildman–Crippen LogP) is 5.67. The molecule has 0 radical (unpaired) electrons. The van der Waals surface area contributed by atoms with Crippen molar-refractivity contribution >= 4 is 0 Å². The van der Waals surface area contributed by atoms with E-state index >= 15 is 0 Å². The van der Waals surface area contributed by atoms with E-state index in [-0.39, 0.29) is 0 Å². The number of hydrogen-bond acceptors (Lipinski definition) is 0. The molecule has 0 aromatic heterocycles. The first-order chi connectivity index (χ1) is 6.56. The fraction of sp³-hybridized carbons (Fsp3) is 1.00. The van der Waals surface area contributed by atoms with Crippen LogP contribution in [0.2, 0.25) is 0 Å². The lowest BCUT2D eigenvalue weighted by Gasteiger charge is -2.51. The lowest BCUT2D eigenvalue weighted by atomic mass is 9.54. The van der Waals surface area contributed by atoms with Gasteiger partial charge in [-0.2, -0.15) is 0 Å². The van der Waals surface area contributed by atoms with Gasteiger partial charge in [0.1, 0.15) is 0 Å². The topological polar surface area (TPSA) is 0 Å². The van der Waals surface area contributed by atoms with Crippen LogP contribution in [0.4, 0.5) is 0 Å². The van der Waals surface area contributed by atoms with E-state index in [1.165, 1.54) is 25.7 Å². The SMILES string of the molecule is CCCCCC(C)(C)C(C)(C)C(C)(C)C. The van der Waals surface area contributed by atoms with Gasteiger partial charge in [0.25, 0.3) is 0 Å². The van der Waals surface area contributed by atoms with Crippen LogP contribution in [0.3, 0.4) is 0 Å². The van der Waals surface area contributed by atoms with Gasteiger partial charge < -0.3 is 0 Å². The van der Waals surface area contributed by atoms with Crippen LogP contribution in [0.5, 0.6) is 0 Å². The first-order valence-electron chi connectivity index (χ1n) is 6.56. The molecular formula is C15H32. The Morgan fingerprint density at radius 3 is 1.53 bits per heavy atom. The molecule has 15 heavy (non-hydrogen) atoms. The molecule has 0 bridgehead atoms. The standard InChI is InChI=1S/C15H32/c1-9-10-11-12-14(5,6)15(7,8)13(2,3)4/h9-12H2,1-8H3. The summed E-state index contributed by atoms with van der Waals surface area (Å²) >= 11 is 0. The van der Waals surface area contributed by atoms with E-state index < -0.39 is 0 Å². The predicted molar refractivity (Wildman–Crippen MR) is 71.2 cm³/mol. The number of unbranched alkanes of at least 4 members (excludes halogenated alkanes) is 2. The number of hydrogen-bond donors (Lipinski definition) is 0. The molecule has 0 saturated carbocycles. The van der Waals surface area contributed by atoms with Crippen LogP contribution in [0.25, 0.3) is 0 Å². The molecule has 0 aromatic carbocycles. The van der Waals surface area contributed by atoms with Crippen LogP contribution in [-0.2, 0) is 0 Å². The first-order valence-corrected chi connectivity index (χ1v) is 6.56. The molecule has 0 N–H and O–H groups in total. The second-order valence-electron chi connectivity index (χ2n) is 7.22. The highest BCUT2D eigenvalue weighted by atomic mass is 14.5. The Balaban J connectivity index is 4.56. The average Bonchev–Trinajstić information content (AvgIpc) is 2.02. The van der Waals surface area contributed by atoms with Crippen molar-refractivity contribution in [2.75, 3.05) is 0 Å². The molecule has 0 aliphatic heterocycles. The second kappa shape index (κ2) is 4.89. The van der Waals surface area contributed by atoms with Crippen molar-refractivity contribution in [1.29, 1.82) is 0 Å². The highest BCUT2D eigenvalue weighted by molar-refractivity contribution is 4.93. The van der Waals surface area contributed by atoms with E-state index in [2.05, 4.69) is 55.4 Å². The Morgan fingerprint density at radius 2 is 1.20 bits per heavy atom. The van der Waals surface area contributed by atoms with Gasteiger partial charge in [0.2, 0.25) is 0 Å². The van der Waals surface area contributed by atoms with Gasteiger partial charge in [-0.15, -0.1) is 0 Å². The van der Waals surface area contributed by atoms with Gasteiger partial charge >= 0.3 is 0 Å². The van der Waals surface area contributed by atoms with Gasteiger partial charge in [0.15, 0.2) is 0 Å². The zero-order chi connectivity index (χ0) is 12.3. The first kappa shape index (κ1) is 15.0. The molecule has 0 fully saturated rings. The molecule has 0 rings (SSSR count). The fourth-order valence-corrected chi connectivity index (χ4v) is 2.14. The van der Waals surface area contributed by atoms with Gasteiger partial charge in [0, 0.05) is 0 Å². The minimum Gasteiger partial charge on any atom is -0.0654 e. The molecule has 0 aliphatic carbocycles. The molecule has 92 valence electrons. The van der Waals surface area contributed by atoms with Crippen LogP contribution in [0, 0.1) is 16.2 Å². The van der Waals surface area contributed by atoms with Crippen molar-refractivity contribution in [2.45, 2.75) is 81.1 Å². The zero-order valence-electron chi connectivity index (χ0n) is 12.3. The third-order valence-corrected chi connectivity index (χ3v) is 4.97. The molecule has 0 aromatic rings. The van der Waals surface area contributed by atoms with Crippen molar-refractivity contribution in [2.24, 2.45) is 16.2 Å². The summed E-state index contributed by atoms with van der Waals surface area (Å²) in [4.78, 5) is 0. The van der Waals surface area contributed by atoms with E-state index in [1.54, 1.807) is 0 Å². The van der Waals surface area contributed by atoms with E-state index in [0.29, 0.717) is 16.2 Å². The van der Waals surface area contributed by atoms with Crippen molar-refractivity contribution in [1.82, 2.24) is 0 Å². The van der Waals surface area contributed by atoms with Crippen LogP contribution >= 0.6 is 0 Å². The Kier molecular flexibility index (Phi) is 4.89. The van der Waals surface area contributed by atoms with Gasteiger partial charge in [-0.3, -0.25) is 0 Å². The van der Waals surface area contributed by atoms with Gasteiger partial charge in [-0.1, -0.05) is 74.7 Å². The quantitative estimate of drug-likeness (QED) is 0.515. The fourth-order valence-electron chi connectivity index (χ4n) is 2.14. The summed E-state index contributed by atoms with van der Waals surface area (Å²) in [6.45, 7) is 19.1. The third-order valence-electron chi connectivity index (χ3n) is 4.97. The summed E-state index contributed by atoms with van der Waals surface area (Å²) < 4.78 is 0. The maximum absolute atomic E-state index is 2.44. The summed E-state index contributed by atoms with van der Waals surface area (Å²) in [6, 6.07) is 0. The monoisotopic (exact) mass is 212 g/mol. The van der Waals surface area contributed by atoms with E-state index in [1.807, 2.05) is 0 Å². The van der Waals surface area contributed by atoms with Crippen LogP contribution in [-0.4, -0.2) is 0 Å². The highest BCUT2D eigenvalue weighted by Gasteiger charge is 2.44. The Hall–Kier alpha value is 0. The minimum absolute atomic E-state index is 0.378. The van der Waals surface area contributed by atoms with E-state index in [0.717, 1.165) is 0 Å². The summed E-state index contributed by atoms with van der Waals surface area (Å²) in [7, 11) is 0. The molecule has 0 amide bonds. The van der Waals surface area contributed by atoms with Gasteiger partial charge in [-0.25, -0.2) is 0 Å². The van der Waals surface area contributed by atoms with Crippen molar-refractivity contribution in [3.63, 3.8) is 0 Å². The molecule has 0 unspecified atom stereocenters. The molecular weight excluding hydrogens is 180 g/mol. The Bertz CT molecular complexity index is 179. The normalized spacial score (nSPS) is 14.4. The van der Waals surface area contributed by atoms with Crippen molar-refractivity contribution < 1.29 is 0 Å². The third kappa shape index (κ3) is 3.50. The van der Waals surface area contributed by atoms with E-state index in [4.69, 9.17) is 0 Å². The maximum atomic E-state index is 2.44. The zero-order valence-corrected chi connectivity index (χ0v) is 12.3. The minimum atomic E-state index is 0.378. The summed E-state index contributed by atoms with van der Waals surface area (Å²) in [5.41, 5.74) is 1.19. The van der Waals surface area contributed by atoms with Gasteiger partial charge in [0.05, 0.1) is 0 Å². The Morgan fingerprint density at radius 1 is 0.733 bits per heavy atom. The maximum Gasteiger partial charge on any atom is -0.0254 e. The summed E-state index contributed by atoms with van der Waals surface area (Å²) in [5.74, 6) is 0. The molecule has 0 aliphatic rings. The molecule has 0 heteroatoms. The second-order valence-corrected chi connectivity index (χ2v) is 7.22. The largest absolute Gasteiger partial charge is 0.0654 e. The molecule has 0 saturated heterocycles. The smallest absolute Gasteiger partial charge is 0.0254 e. The summed E-state index contributed by atoms with van der Waals surface area (Å²) in [5, 5.41) is 0. The van der Waals surface area contributed by atoms with Crippen LogP contribution in [0.1, 0.15) is 81.1 Å². The van der Waals surface area contributed by atoms with Crippen molar-refractivity contribution in [3.05, 3.63) is 0 Å². The lowest BCUT2D eigenvalue weighted by Crippen LogP contribution is -2.42.